The van der Waals surface area contributed by atoms with Crippen LogP contribution in [-0.4, -0.2) is 34.6 Å². The van der Waals surface area contributed by atoms with Crippen molar-refractivity contribution in [1.29, 1.82) is 0 Å². The number of likely N-dealkylation sites (N-methyl/N-ethyl adjacent to an activating group) is 1. The fourth-order valence-corrected chi connectivity index (χ4v) is 5.87. The molecule has 1 spiro atoms. The van der Waals surface area contributed by atoms with Crippen molar-refractivity contribution < 1.29 is 4.79 Å². The van der Waals surface area contributed by atoms with Crippen molar-refractivity contribution in [3.05, 3.63) is 82.9 Å². The van der Waals surface area contributed by atoms with Gasteiger partial charge in [-0.05, 0) is 60.3 Å². The lowest BCUT2D eigenvalue weighted by molar-refractivity contribution is -0.118. The second kappa shape index (κ2) is 6.30. The minimum Gasteiger partial charge on any atom is -0.325 e. The number of nitrogens with zero attached hydrogens (tertiary/aromatic N) is 2. The van der Waals surface area contributed by atoms with E-state index in [0.29, 0.717) is 0 Å². The predicted molar refractivity (Wildman–Crippen MR) is 126 cm³/mol. The smallest absolute Gasteiger partial charge is 0.235 e. The summed E-state index contributed by atoms with van der Waals surface area (Å²) in [5, 5.41) is 12.1. The Morgan fingerprint density at radius 1 is 1.06 bits per heavy atom. The van der Waals surface area contributed by atoms with Crippen LogP contribution in [0.5, 0.6) is 0 Å². The van der Waals surface area contributed by atoms with Crippen LogP contribution in [0.3, 0.4) is 0 Å². The lowest BCUT2D eigenvalue weighted by Gasteiger charge is -2.25. The summed E-state index contributed by atoms with van der Waals surface area (Å²) in [5.41, 5.74) is 8.94. The molecule has 3 heterocycles. The molecule has 1 aromatic heterocycles. The highest BCUT2D eigenvalue weighted by atomic mass is 16.2. The highest BCUT2D eigenvalue weighted by Gasteiger charge is 2.65. The SMILES string of the molecule is CN1CCc2cc(-c3n[nH]c4cc(C5CC56C(=O)Nc5ccccc56)ccc34)ccc2C1. The molecule has 2 aliphatic heterocycles. The molecule has 1 fully saturated rings. The van der Waals surface area contributed by atoms with Gasteiger partial charge in [0.2, 0.25) is 5.91 Å². The number of rotatable bonds is 2. The van der Waals surface area contributed by atoms with E-state index < -0.39 is 5.41 Å². The normalized spacial score (nSPS) is 23.9. The van der Waals surface area contributed by atoms with Gasteiger partial charge in [-0.15, -0.1) is 0 Å². The summed E-state index contributed by atoms with van der Waals surface area (Å²) in [6, 6.07) is 21.4. The minimum atomic E-state index is -0.404. The van der Waals surface area contributed by atoms with Gasteiger partial charge in [0.05, 0.1) is 16.6 Å². The summed E-state index contributed by atoms with van der Waals surface area (Å²) < 4.78 is 0. The Bertz CT molecular complexity index is 1420. The Kier molecular flexibility index (Phi) is 3.57. The number of hydrogen-bond acceptors (Lipinski definition) is 3. The van der Waals surface area contributed by atoms with Gasteiger partial charge in [0.15, 0.2) is 0 Å². The van der Waals surface area contributed by atoms with E-state index in [0.717, 1.165) is 53.8 Å². The first-order valence-electron chi connectivity index (χ1n) is 11.3. The molecule has 4 aromatic rings. The molecule has 5 heteroatoms. The third-order valence-electron chi connectivity index (χ3n) is 7.69. The molecule has 3 aromatic carbocycles. The number of amides is 1. The zero-order valence-corrected chi connectivity index (χ0v) is 18.0. The number of carbonyl (C=O) groups is 1. The highest BCUT2D eigenvalue weighted by Crippen LogP contribution is 2.65. The average Bonchev–Trinajstić information content (AvgIpc) is 3.33. The van der Waals surface area contributed by atoms with Gasteiger partial charge in [0.1, 0.15) is 0 Å². The number of aromatic nitrogens is 2. The Balaban J connectivity index is 1.24. The van der Waals surface area contributed by atoms with Crippen LogP contribution in [0.25, 0.3) is 22.2 Å². The van der Waals surface area contributed by atoms with Crippen molar-refractivity contribution in [3.8, 4) is 11.3 Å². The van der Waals surface area contributed by atoms with Crippen LogP contribution in [0, 0.1) is 0 Å². The van der Waals surface area contributed by atoms with Crippen LogP contribution in [0.2, 0.25) is 0 Å². The summed E-state index contributed by atoms with van der Waals surface area (Å²) in [6.45, 7) is 2.11. The summed E-state index contributed by atoms with van der Waals surface area (Å²) in [5.74, 6) is 0.344. The molecule has 1 amide bonds. The molecule has 1 aliphatic carbocycles. The molecule has 3 aliphatic rings. The molecule has 2 unspecified atom stereocenters. The maximum atomic E-state index is 12.9. The van der Waals surface area contributed by atoms with Crippen molar-refractivity contribution in [2.45, 2.75) is 30.7 Å². The number of fused-ring (bicyclic) bond motifs is 4. The zero-order valence-electron chi connectivity index (χ0n) is 18.0. The van der Waals surface area contributed by atoms with Gasteiger partial charge in [-0.2, -0.15) is 5.10 Å². The van der Waals surface area contributed by atoms with Gasteiger partial charge in [0, 0.05) is 35.6 Å². The van der Waals surface area contributed by atoms with Crippen LogP contribution >= 0.6 is 0 Å². The number of H-pyrrole nitrogens is 1. The maximum absolute atomic E-state index is 12.9. The van der Waals surface area contributed by atoms with Crippen LogP contribution in [0.1, 0.15) is 34.6 Å². The zero-order chi connectivity index (χ0) is 21.4. The van der Waals surface area contributed by atoms with Gasteiger partial charge in [0.25, 0.3) is 0 Å². The quantitative estimate of drug-likeness (QED) is 0.498. The number of nitrogens with one attached hydrogen (secondary N) is 2. The van der Waals surface area contributed by atoms with Gasteiger partial charge in [-0.3, -0.25) is 9.89 Å². The summed E-state index contributed by atoms with van der Waals surface area (Å²) in [4.78, 5) is 15.2. The number of aromatic amines is 1. The fraction of sp³-hybridized carbons (Fsp3) is 0.259. The molecule has 5 nitrogen and oxygen atoms in total. The van der Waals surface area contributed by atoms with E-state index in [9.17, 15) is 4.79 Å². The lowest BCUT2D eigenvalue weighted by atomic mass is 9.91. The monoisotopic (exact) mass is 420 g/mol. The van der Waals surface area contributed by atoms with Crippen molar-refractivity contribution in [2.24, 2.45) is 0 Å². The second-order valence-electron chi connectivity index (χ2n) is 9.58. The van der Waals surface area contributed by atoms with Gasteiger partial charge >= 0.3 is 0 Å². The fourth-order valence-electron chi connectivity index (χ4n) is 5.87. The molecule has 1 saturated carbocycles. The van der Waals surface area contributed by atoms with Crippen LogP contribution in [0.15, 0.2) is 60.7 Å². The van der Waals surface area contributed by atoms with Crippen molar-refractivity contribution >= 4 is 22.5 Å². The minimum absolute atomic E-state index is 0.133. The largest absolute Gasteiger partial charge is 0.325 e. The number of hydrogen-bond donors (Lipinski definition) is 2. The number of carbonyl (C=O) groups excluding carboxylic acids is 1. The van der Waals surface area contributed by atoms with Crippen molar-refractivity contribution in [1.82, 2.24) is 15.1 Å². The third-order valence-corrected chi connectivity index (χ3v) is 7.69. The second-order valence-corrected chi connectivity index (χ2v) is 9.58. The van der Waals surface area contributed by atoms with E-state index in [-0.39, 0.29) is 11.8 Å². The first kappa shape index (κ1) is 18.2. The van der Waals surface area contributed by atoms with Crippen LogP contribution in [0.4, 0.5) is 5.69 Å². The Morgan fingerprint density at radius 2 is 1.97 bits per heavy atom. The summed E-state index contributed by atoms with van der Waals surface area (Å²) in [6.07, 6.45) is 1.95. The van der Waals surface area contributed by atoms with E-state index in [1.807, 2.05) is 18.2 Å². The van der Waals surface area contributed by atoms with Gasteiger partial charge in [-0.1, -0.05) is 42.5 Å². The van der Waals surface area contributed by atoms with Gasteiger partial charge < -0.3 is 10.2 Å². The number of anilines is 1. The van der Waals surface area contributed by atoms with E-state index in [4.69, 9.17) is 0 Å². The van der Waals surface area contributed by atoms with Crippen molar-refractivity contribution in [3.63, 3.8) is 0 Å². The Morgan fingerprint density at radius 3 is 2.91 bits per heavy atom. The van der Waals surface area contributed by atoms with E-state index in [1.54, 1.807) is 0 Å². The first-order valence-corrected chi connectivity index (χ1v) is 11.3. The molecular weight excluding hydrogens is 396 g/mol. The van der Waals surface area contributed by atoms with Gasteiger partial charge in [-0.25, -0.2) is 0 Å². The van der Waals surface area contributed by atoms with Crippen LogP contribution < -0.4 is 5.32 Å². The number of benzene rings is 3. The molecule has 0 saturated heterocycles. The Labute approximate surface area is 186 Å². The molecule has 0 radical (unpaired) electrons. The van der Waals surface area contributed by atoms with E-state index >= 15 is 0 Å². The van der Waals surface area contributed by atoms with Crippen LogP contribution in [-0.2, 0) is 23.2 Å². The van der Waals surface area contributed by atoms with E-state index in [1.165, 1.54) is 22.3 Å². The molecular formula is C27H24N4O. The molecule has 158 valence electrons. The first-order chi connectivity index (χ1) is 15.6. The Hall–Kier alpha value is -3.44. The summed E-state index contributed by atoms with van der Waals surface area (Å²) >= 11 is 0. The standard InChI is InChI=1S/C27H24N4O/c1-31-11-10-16-12-18(6-7-19(16)15-31)25-20-9-8-17(13-24(20)29-30-25)22-14-27(22)21-4-2-3-5-23(21)28-26(27)32/h2-9,12-13,22H,10-11,14-15H2,1H3,(H,28,32)(H,29,30). The predicted octanol–water partition coefficient (Wildman–Crippen LogP) is 4.60. The summed E-state index contributed by atoms with van der Waals surface area (Å²) in [7, 11) is 2.17. The highest BCUT2D eigenvalue weighted by molar-refractivity contribution is 6.10. The molecule has 2 N–H and O–H groups in total. The number of para-hydroxylation sites is 1. The maximum Gasteiger partial charge on any atom is 0.235 e. The third kappa shape index (κ3) is 2.43. The lowest BCUT2D eigenvalue weighted by Crippen LogP contribution is -2.26. The average molecular weight is 421 g/mol. The molecule has 32 heavy (non-hydrogen) atoms. The topological polar surface area (TPSA) is 61.0 Å². The molecule has 7 rings (SSSR count). The van der Waals surface area contributed by atoms with Crippen molar-refractivity contribution in [2.75, 3.05) is 18.9 Å². The van der Waals surface area contributed by atoms with E-state index in [2.05, 4.69) is 69.9 Å². The molecule has 0 bridgehead atoms. The molecule has 2 atom stereocenters.